The van der Waals surface area contributed by atoms with Crippen molar-refractivity contribution in [2.45, 2.75) is 46.3 Å². The summed E-state index contributed by atoms with van der Waals surface area (Å²) in [6, 6.07) is 6.53. The van der Waals surface area contributed by atoms with Gasteiger partial charge < -0.3 is 24.6 Å². The average Bonchev–Trinajstić information content (AvgIpc) is 3.19. The van der Waals surface area contributed by atoms with Crippen LogP contribution in [0.4, 0.5) is 4.79 Å². The van der Waals surface area contributed by atoms with Gasteiger partial charge in [0.25, 0.3) is 0 Å². The quantitative estimate of drug-likeness (QED) is 0.754. The van der Waals surface area contributed by atoms with Crippen molar-refractivity contribution in [1.82, 2.24) is 10.6 Å². The number of amides is 2. The number of aryl methyl sites for hydroxylation is 1. The lowest BCUT2D eigenvalue weighted by Gasteiger charge is -2.30. The molecule has 24 heavy (non-hydrogen) atoms. The first-order valence-electron chi connectivity index (χ1n) is 8.15. The van der Waals surface area contributed by atoms with Gasteiger partial charge in [0.1, 0.15) is 23.4 Å². The minimum absolute atomic E-state index is 0.0641. The molecule has 0 bridgehead atoms. The number of rotatable bonds is 6. The molecule has 0 aliphatic carbocycles. The number of carbonyl (C=O) groups excluding carboxylic acids is 1. The topological polar surface area (TPSA) is 87.6 Å². The number of hydrogen-bond donors (Lipinski definition) is 3. The van der Waals surface area contributed by atoms with Crippen LogP contribution in [0.25, 0.3) is 0 Å². The summed E-state index contributed by atoms with van der Waals surface area (Å²) >= 11 is 0. The monoisotopic (exact) mass is 334 g/mol. The van der Waals surface area contributed by atoms with Crippen molar-refractivity contribution in [2.75, 3.05) is 6.54 Å². The maximum absolute atomic E-state index is 12.2. The minimum Gasteiger partial charge on any atom is -0.467 e. The molecule has 2 aromatic rings. The van der Waals surface area contributed by atoms with Gasteiger partial charge in [0, 0.05) is 6.42 Å². The molecule has 0 aliphatic heterocycles. The van der Waals surface area contributed by atoms with Gasteiger partial charge in [-0.1, -0.05) is 27.7 Å². The standard InChI is InChI=1S/C18H26N2O4/c1-5-12-8-9-15(24-12)16(18(2,3)4)20-17(22)19-11-13(21)14-7-6-10-23-14/h6-10,13,16,21H,5,11H2,1-4H3,(H2,19,20,22). The Bertz CT molecular complexity index is 640. The molecule has 2 aromatic heterocycles. The smallest absolute Gasteiger partial charge is 0.315 e. The maximum Gasteiger partial charge on any atom is 0.315 e. The normalized spacial score (nSPS) is 14.2. The van der Waals surface area contributed by atoms with E-state index >= 15 is 0 Å². The van der Waals surface area contributed by atoms with Gasteiger partial charge in [-0.25, -0.2) is 4.79 Å². The van der Waals surface area contributed by atoms with Crippen LogP contribution in [-0.2, 0) is 6.42 Å². The molecular weight excluding hydrogens is 308 g/mol. The number of aliphatic hydroxyl groups is 1. The van der Waals surface area contributed by atoms with Crippen LogP contribution in [0.1, 0.15) is 57.1 Å². The molecule has 2 rings (SSSR count). The lowest BCUT2D eigenvalue weighted by molar-refractivity contribution is 0.146. The van der Waals surface area contributed by atoms with Gasteiger partial charge in [-0.2, -0.15) is 0 Å². The second kappa shape index (κ2) is 7.57. The van der Waals surface area contributed by atoms with Crippen LogP contribution < -0.4 is 10.6 Å². The highest BCUT2D eigenvalue weighted by molar-refractivity contribution is 5.74. The van der Waals surface area contributed by atoms with Gasteiger partial charge in [-0.3, -0.25) is 0 Å². The summed E-state index contributed by atoms with van der Waals surface area (Å²) in [5.74, 6) is 2.03. The largest absolute Gasteiger partial charge is 0.467 e. The first-order valence-corrected chi connectivity index (χ1v) is 8.15. The van der Waals surface area contributed by atoms with Gasteiger partial charge in [-0.05, 0) is 29.7 Å². The molecule has 0 saturated carbocycles. The Labute approximate surface area is 142 Å². The Morgan fingerprint density at radius 2 is 2.00 bits per heavy atom. The summed E-state index contributed by atoms with van der Waals surface area (Å²) < 4.78 is 10.9. The molecule has 132 valence electrons. The highest BCUT2D eigenvalue weighted by atomic mass is 16.4. The van der Waals surface area contributed by atoms with Crippen LogP contribution in [0.3, 0.4) is 0 Å². The fraction of sp³-hybridized carbons (Fsp3) is 0.500. The van der Waals surface area contributed by atoms with Crippen molar-refractivity contribution < 1.29 is 18.7 Å². The summed E-state index contributed by atoms with van der Waals surface area (Å²) in [6.07, 6.45) is 1.41. The summed E-state index contributed by atoms with van der Waals surface area (Å²) in [5.41, 5.74) is -0.222. The second-order valence-electron chi connectivity index (χ2n) is 6.84. The fourth-order valence-corrected chi connectivity index (χ4v) is 2.41. The van der Waals surface area contributed by atoms with E-state index in [-0.39, 0.29) is 24.0 Å². The number of hydrogen-bond acceptors (Lipinski definition) is 4. The van der Waals surface area contributed by atoms with Crippen LogP contribution in [-0.4, -0.2) is 17.7 Å². The molecule has 3 N–H and O–H groups in total. The number of urea groups is 1. The van der Waals surface area contributed by atoms with Gasteiger partial charge in [0.15, 0.2) is 0 Å². The van der Waals surface area contributed by atoms with Crippen LogP contribution in [0.15, 0.2) is 39.4 Å². The molecule has 0 aliphatic rings. The van der Waals surface area contributed by atoms with E-state index in [4.69, 9.17) is 8.83 Å². The van der Waals surface area contributed by atoms with Crippen LogP contribution >= 0.6 is 0 Å². The van der Waals surface area contributed by atoms with E-state index in [1.807, 2.05) is 39.8 Å². The Hall–Kier alpha value is -2.21. The third-order valence-corrected chi connectivity index (χ3v) is 3.78. The SMILES string of the molecule is CCc1ccc(C(NC(=O)NCC(O)c2ccco2)C(C)(C)C)o1. The van der Waals surface area contributed by atoms with Crippen molar-refractivity contribution in [3.8, 4) is 0 Å². The lowest BCUT2D eigenvalue weighted by Crippen LogP contribution is -2.43. The van der Waals surface area contributed by atoms with Crippen molar-refractivity contribution in [1.29, 1.82) is 0 Å². The van der Waals surface area contributed by atoms with Crippen molar-refractivity contribution in [2.24, 2.45) is 5.41 Å². The summed E-state index contributed by atoms with van der Waals surface area (Å²) in [6.45, 7) is 8.18. The van der Waals surface area contributed by atoms with E-state index in [2.05, 4.69) is 10.6 Å². The molecule has 2 heterocycles. The molecule has 2 amide bonds. The van der Waals surface area contributed by atoms with Crippen LogP contribution in [0.5, 0.6) is 0 Å². The predicted octanol–water partition coefficient (Wildman–Crippen LogP) is 3.56. The molecule has 6 nitrogen and oxygen atoms in total. The molecule has 2 atom stereocenters. The van der Waals surface area contributed by atoms with E-state index in [1.54, 1.807) is 12.1 Å². The predicted molar refractivity (Wildman–Crippen MR) is 90.5 cm³/mol. The van der Waals surface area contributed by atoms with Gasteiger partial charge in [0.05, 0.1) is 18.8 Å². The highest BCUT2D eigenvalue weighted by Crippen LogP contribution is 2.33. The van der Waals surface area contributed by atoms with Gasteiger partial charge in [0.2, 0.25) is 0 Å². The van der Waals surface area contributed by atoms with Gasteiger partial charge >= 0.3 is 6.03 Å². The van der Waals surface area contributed by atoms with E-state index in [0.717, 1.165) is 17.9 Å². The van der Waals surface area contributed by atoms with Crippen LogP contribution in [0, 0.1) is 5.41 Å². The molecule has 0 spiro atoms. The first kappa shape index (κ1) is 18.1. The highest BCUT2D eigenvalue weighted by Gasteiger charge is 2.30. The van der Waals surface area contributed by atoms with E-state index in [9.17, 15) is 9.90 Å². The third kappa shape index (κ3) is 4.64. The summed E-state index contributed by atoms with van der Waals surface area (Å²) in [7, 11) is 0. The average molecular weight is 334 g/mol. The number of aliphatic hydroxyl groups excluding tert-OH is 1. The first-order chi connectivity index (χ1) is 11.3. The van der Waals surface area contributed by atoms with Gasteiger partial charge in [-0.15, -0.1) is 0 Å². The zero-order valence-electron chi connectivity index (χ0n) is 14.6. The third-order valence-electron chi connectivity index (χ3n) is 3.78. The lowest BCUT2D eigenvalue weighted by atomic mass is 9.85. The number of nitrogens with one attached hydrogen (secondary N) is 2. The molecule has 0 radical (unpaired) electrons. The molecule has 0 saturated heterocycles. The number of furan rings is 2. The van der Waals surface area contributed by atoms with Crippen LogP contribution in [0.2, 0.25) is 0 Å². The Kier molecular flexibility index (Phi) is 5.72. The van der Waals surface area contributed by atoms with E-state index in [1.165, 1.54) is 6.26 Å². The minimum atomic E-state index is -0.880. The zero-order chi connectivity index (χ0) is 17.7. The fourth-order valence-electron chi connectivity index (χ4n) is 2.41. The zero-order valence-corrected chi connectivity index (χ0v) is 14.6. The van der Waals surface area contributed by atoms with Crippen molar-refractivity contribution in [3.05, 3.63) is 47.8 Å². The Morgan fingerprint density at radius 1 is 1.25 bits per heavy atom. The van der Waals surface area contributed by atoms with E-state index < -0.39 is 6.10 Å². The molecule has 6 heteroatoms. The summed E-state index contributed by atoms with van der Waals surface area (Å²) in [4.78, 5) is 12.2. The Balaban J connectivity index is 1.97. The maximum atomic E-state index is 12.2. The Morgan fingerprint density at radius 3 is 2.54 bits per heavy atom. The molecule has 0 fully saturated rings. The van der Waals surface area contributed by atoms with Crippen molar-refractivity contribution in [3.63, 3.8) is 0 Å². The molecule has 0 aromatic carbocycles. The number of carbonyl (C=O) groups is 1. The molecule has 2 unspecified atom stereocenters. The molecular formula is C18H26N2O4. The summed E-state index contributed by atoms with van der Waals surface area (Å²) in [5, 5.41) is 15.5. The van der Waals surface area contributed by atoms with E-state index in [0.29, 0.717) is 5.76 Å². The van der Waals surface area contributed by atoms with Crippen molar-refractivity contribution >= 4 is 6.03 Å². The second-order valence-corrected chi connectivity index (χ2v) is 6.84.